The Balaban J connectivity index is 0.000000405. The minimum Gasteiger partial charge on any atom is -0.660 e. The van der Waals surface area contributed by atoms with Crippen LogP contribution in [0.3, 0.4) is 0 Å². The van der Waals surface area contributed by atoms with Crippen LogP contribution in [0.25, 0.3) is 5.32 Å². The van der Waals surface area contributed by atoms with Crippen LogP contribution in [0.1, 0.15) is 6.42 Å². The second kappa shape index (κ2) is 2.63. The first-order chi connectivity index (χ1) is 3.88. The zero-order chi connectivity index (χ0) is 5.56. The van der Waals surface area contributed by atoms with Crippen LogP contribution in [0.15, 0.2) is 0 Å². The van der Waals surface area contributed by atoms with Crippen molar-refractivity contribution in [3.8, 4) is 0 Å². The number of hydrogen-bond acceptors (Lipinski definition) is 1. The second-order valence-corrected chi connectivity index (χ2v) is 2.80. The van der Waals surface area contributed by atoms with Gasteiger partial charge in [-0.05, 0) is 25.6 Å². The van der Waals surface area contributed by atoms with Gasteiger partial charge in [0.2, 0.25) is 0 Å². The molecule has 2 bridgehead atoms. The molecule has 0 spiro atoms. The Bertz CT molecular complexity index is 93.2. The van der Waals surface area contributed by atoms with Gasteiger partial charge in [0.1, 0.15) is 0 Å². The summed E-state index contributed by atoms with van der Waals surface area (Å²) in [7, 11) is 2.20. The predicted molar refractivity (Wildman–Crippen MR) is 33.0 cm³/mol. The van der Waals surface area contributed by atoms with Gasteiger partial charge in [-0.25, -0.2) is 0 Å². The van der Waals surface area contributed by atoms with Crippen molar-refractivity contribution in [2.45, 2.75) is 18.5 Å². The van der Waals surface area contributed by atoms with Gasteiger partial charge in [0.05, 0.1) is 0 Å². The van der Waals surface area contributed by atoms with E-state index in [0.29, 0.717) is 0 Å². The summed E-state index contributed by atoms with van der Waals surface area (Å²) in [4.78, 5) is 2.44. The zero-order valence-electron chi connectivity index (χ0n) is 5.62. The summed E-state index contributed by atoms with van der Waals surface area (Å²) < 4.78 is 0. The fourth-order valence-corrected chi connectivity index (χ4v) is 1.59. The summed E-state index contributed by atoms with van der Waals surface area (Å²) in [5.41, 5.74) is 0. The number of fused-ring (bicyclic) bond motifs is 2. The van der Waals surface area contributed by atoms with E-state index in [-0.39, 0.29) is 18.6 Å². The molecule has 0 aliphatic carbocycles. The van der Waals surface area contributed by atoms with Gasteiger partial charge in [0.25, 0.3) is 0 Å². The van der Waals surface area contributed by atoms with Crippen molar-refractivity contribution < 1.29 is 18.6 Å². The van der Waals surface area contributed by atoms with Crippen molar-refractivity contribution in [3.63, 3.8) is 0 Å². The number of nitrogens with zero attached hydrogens (tertiary/aromatic N) is 2. The predicted octanol–water partition coefficient (Wildman–Crippen LogP) is 0.444. The van der Waals surface area contributed by atoms with E-state index in [9.17, 15) is 0 Å². The molecule has 51 valence electrons. The van der Waals surface area contributed by atoms with Crippen LogP contribution in [0.4, 0.5) is 0 Å². The van der Waals surface area contributed by atoms with Gasteiger partial charge in [0, 0.05) is 18.6 Å². The Labute approximate surface area is 67.9 Å². The van der Waals surface area contributed by atoms with Gasteiger partial charge >= 0.3 is 0 Å². The SMILES string of the molecule is CN1C2C[N-]CC1C2.[V]. The first kappa shape index (κ1) is 7.61. The minimum absolute atomic E-state index is 0. The largest absolute Gasteiger partial charge is 0.660 e. The maximum absolute atomic E-state index is 4.32. The number of rotatable bonds is 0. The van der Waals surface area contributed by atoms with E-state index in [0.717, 1.165) is 25.2 Å². The van der Waals surface area contributed by atoms with E-state index in [2.05, 4.69) is 17.3 Å². The quantitative estimate of drug-likeness (QED) is 0.505. The molecule has 0 saturated carbocycles. The molecule has 3 heterocycles. The minimum atomic E-state index is 0. The molecular formula is C6H11N2V-. The molecule has 0 aromatic carbocycles. The maximum atomic E-state index is 4.32. The fraction of sp³-hybridized carbons (Fsp3) is 1.00. The van der Waals surface area contributed by atoms with Gasteiger partial charge in [-0.3, -0.25) is 0 Å². The molecule has 3 heteroatoms. The smallest absolute Gasteiger partial charge is 0 e. The third-order valence-electron chi connectivity index (χ3n) is 2.38. The van der Waals surface area contributed by atoms with Gasteiger partial charge in [-0.15, -0.1) is 13.1 Å². The molecule has 9 heavy (non-hydrogen) atoms. The number of piperidine rings is 1. The summed E-state index contributed by atoms with van der Waals surface area (Å²) in [6, 6.07) is 1.63. The van der Waals surface area contributed by atoms with Gasteiger partial charge < -0.3 is 10.2 Å². The maximum Gasteiger partial charge on any atom is 0 e. The molecule has 2 atom stereocenters. The van der Waals surface area contributed by atoms with E-state index in [1.54, 1.807) is 0 Å². The van der Waals surface area contributed by atoms with E-state index >= 15 is 0 Å². The number of piperazine rings is 1. The Hall–Kier alpha value is 0.504. The fourth-order valence-electron chi connectivity index (χ4n) is 1.59. The monoisotopic (exact) mass is 162 g/mol. The Morgan fingerprint density at radius 1 is 1.33 bits per heavy atom. The molecular weight excluding hydrogens is 151 g/mol. The van der Waals surface area contributed by atoms with Crippen LogP contribution in [0.5, 0.6) is 0 Å². The number of likely N-dealkylation sites (N-methyl/N-ethyl adjacent to an activating group) is 1. The van der Waals surface area contributed by atoms with Gasteiger partial charge in [0.15, 0.2) is 0 Å². The Morgan fingerprint density at radius 3 is 2.11 bits per heavy atom. The van der Waals surface area contributed by atoms with Crippen molar-refractivity contribution in [2.24, 2.45) is 0 Å². The molecule has 0 amide bonds. The molecule has 2 unspecified atom stereocenters. The molecule has 0 aromatic rings. The van der Waals surface area contributed by atoms with Crippen molar-refractivity contribution in [2.75, 3.05) is 20.1 Å². The Morgan fingerprint density at radius 2 is 1.89 bits per heavy atom. The molecule has 1 radical (unpaired) electrons. The van der Waals surface area contributed by atoms with Crippen LogP contribution in [-0.4, -0.2) is 37.1 Å². The van der Waals surface area contributed by atoms with Crippen LogP contribution in [0.2, 0.25) is 0 Å². The summed E-state index contributed by atoms with van der Waals surface area (Å²) >= 11 is 0. The molecule has 3 aliphatic rings. The van der Waals surface area contributed by atoms with Crippen molar-refractivity contribution >= 4 is 0 Å². The summed E-state index contributed by atoms with van der Waals surface area (Å²) in [5, 5.41) is 4.32. The van der Waals surface area contributed by atoms with Crippen LogP contribution >= 0.6 is 0 Å². The third-order valence-corrected chi connectivity index (χ3v) is 2.38. The van der Waals surface area contributed by atoms with Gasteiger partial charge in [-0.1, -0.05) is 0 Å². The third kappa shape index (κ3) is 1.05. The summed E-state index contributed by atoms with van der Waals surface area (Å²) in [6.07, 6.45) is 1.40. The standard InChI is InChI=1S/C6H11N2.V/c1-8-5-2-6(8)4-7-3-5;/h5-6H,2-4H2,1H3;/q-1;. The average Bonchev–Trinajstić information content (AvgIpc) is 1.89. The van der Waals surface area contributed by atoms with Crippen molar-refractivity contribution in [1.82, 2.24) is 4.90 Å². The zero-order valence-corrected chi connectivity index (χ0v) is 7.01. The molecule has 0 N–H and O–H groups in total. The first-order valence-corrected chi connectivity index (χ1v) is 3.23. The van der Waals surface area contributed by atoms with Gasteiger partial charge in [-0.2, -0.15) is 0 Å². The summed E-state index contributed by atoms with van der Waals surface area (Å²) in [5.74, 6) is 0. The second-order valence-electron chi connectivity index (χ2n) is 2.80. The summed E-state index contributed by atoms with van der Waals surface area (Å²) in [6.45, 7) is 2.18. The van der Waals surface area contributed by atoms with Crippen LogP contribution in [-0.2, 0) is 18.6 Å². The van der Waals surface area contributed by atoms with E-state index in [1.165, 1.54) is 6.42 Å². The molecule has 3 fully saturated rings. The molecule has 0 aromatic heterocycles. The van der Waals surface area contributed by atoms with Crippen molar-refractivity contribution in [3.05, 3.63) is 5.32 Å². The molecule has 3 rings (SSSR count). The topological polar surface area (TPSA) is 17.3 Å². The van der Waals surface area contributed by atoms with Crippen molar-refractivity contribution in [1.29, 1.82) is 0 Å². The Kier molecular flexibility index (Phi) is 2.22. The number of hydrogen-bond donors (Lipinski definition) is 0. The van der Waals surface area contributed by atoms with Crippen LogP contribution < -0.4 is 0 Å². The molecule has 2 nitrogen and oxygen atoms in total. The first-order valence-electron chi connectivity index (χ1n) is 3.23. The normalized spacial score (nSPS) is 41.0. The molecule has 3 aliphatic heterocycles. The van der Waals surface area contributed by atoms with E-state index < -0.39 is 0 Å². The average molecular weight is 162 g/mol. The van der Waals surface area contributed by atoms with Crippen LogP contribution in [0, 0.1) is 0 Å². The molecule has 3 saturated heterocycles. The van der Waals surface area contributed by atoms with E-state index in [4.69, 9.17) is 0 Å². The van der Waals surface area contributed by atoms with E-state index in [1.807, 2.05) is 0 Å².